The molecule has 2 amide bonds. The van der Waals surface area contributed by atoms with Crippen LogP contribution in [0, 0.1) is 11.3 Å². The second kappa shape index (κ2) is 7.42. The molecule has 23 heavy (non-hydrogen) atoms. The molecule has 1 atom stereocenters. The van der Waals surface area contributed by atoms with Crippen LogP contribution in [-0.2, 0) is 16.1 Å². The molecule has 2 N–H and O–H groups in total. The van der Waals surface area contributed by atoms with Crippen molar-refractivity contribution in [2.75, 3.05) is 5.32 Å². The van der Waals surface area contributed by atoms with Gasteiger partial charge in [0.2, 0.25) is 0 Å². The van der Waals surface area contributed by atoms with E-state index in [0.717, 1.165) is 0 Å². The molecule has 118 valence electrons. The zero-order valence-electron chi connectivity index (χ0n) is 12.3. The first kappa shape index (κ1) is 16.5. The summed E-state index contributed by atoms with van der Waals surface area (Å²) in [7, 11) is 0. The van der Waals surface area contributed by atoms with E-state index in [-0.39, 0.29) is 16.6 Å². The van der Waals surface area contributed by atoms with E-state index in [1.165, 1.54) is 18.2 Å². The van der Waals surface area contributed by atoms with Crippen LogP contribution in [0.3, 0.4) is 0 Å². The van der Waals surface area contributed by atoms with Gasteiger partial charge in [-0.25, -0.2) is 0 Å². The number of hydrogen-bond donors (Lipinski definition) is 2. The molecular formula is C15H14ClN5O2. The van der Waals surface area contributed by atoms with Gasteiger partial charge in [-0.2, -0.15) is 10.4 Å². The molecule has 2 aromatic rings. The van der Waals surface area contributed by atoms with Crippen LogP contribution in [-0.4, -0.2) is 27.6 Å². The maximum atomic E-state index is 11.9. The van der Waals surface area contributed by atoms with E-state index in [4.69, 9.17) is 16.9 Å². The van der Waals surface area contributed by atoms with Crippen LogP contribution in [0.1, 0.15) is 12.5 Å². The number of anilines is 1. The summed E-state index contributed by atoms with van der Waals surface area (Å²) in [5, 5.41) is 18.2. The number of nitriles is 1. The Kier molecular flexibility index (Phi) is 5.33. The Bertz CT molecular complexity index is 752. The fourth-order valence-corrected chi connectivity index (χ4v) is 2.06. The average molecular weight is 332 g/mol. The highest BCUT2D eigenvalue weighted by Gasteiger charge is 2.17. The van der Waals surface area contributed by atoms with Gasteiger partial charge >= 0.3 is 11.8 Å². The zero-order valence-corrected chi connectivity index (χ0v) is 13.0. The highest BCUT2D eigenvalue weighted by atomic mass is 35.5. The predicted molar refractivity (Wildman–Crippen MR) is 84.6 cm³/mol. The molecule has 0 bridgehead atoms. The van der Waals surface area contributed by atoms with Crippen molar-refractivity contribution in [1.29, 1.82) is 5.26 Å². The number of aromatic nitrogens is 2. The van der Waals surface area contributed by atoms with Crippen molar-refractivity contribution < 1.29 is 9.59 Å². The minimum atomic E-state index is -0.816. The Balaban J connectivity index is 1.92. The van der Waals surface area contributed by atoms with Crippen molar-refractivity contribution >= 4 is 29.1 Å². The molecule has 0 aliphatic heterocycles. The largest absolute Gasteiger partial charge is 0.344 e. The van der Waals surface area contributed by atoms with Crippen molar-refractivity contribution in [3.63, 3.8) is 0 Å². The number of halogens is 1. The molecule has 0 radical (unpaired) electrons. The zero-order chi connectivity index (χ0) is 16.8. The summed E-state index contributed by atoms with van der Waals surface area (Å²) in [6, 6.07) is 7.80. The monoisotopic (exact) mass is 331 g/mol. The Hall–Kier alpha value is -2.85. The number of hydrogen-bond acceptors (Lipinski definition) is 4. The van der Waals surface area contributed by atoms with Gasteiger partial charge in [-0.3, -0.25) is 14.3 Å². The highest BCUT2D eigenvalue weighted by Crippen LogP contribution is 2.19. The number of nitrogens with one attached hydrogen (secondary N) is 2. The molecule has 0 saturated carbocycles. The molecule has 0 saturated heterocycles. The van der Waals surface area contributed by atoms with E-state index in [9.17, 15) is 9.59 Å². The van der Waals surface area contributed by atoms with Gasteiger partial charge < -0.3 is 10.6 Å². The molecule has 7 nitrogen and oxygen atoms in total. The van der Waals surface area contributed by atoms with Gasteiger partial charge in [0.05, 0.1) is 17.1 Å². The Morgan fingerprint density at radius 1 is 1.43 bits per heavy atom. The molecule has 0 aliphatic rings. The number of rotatable bonds is 4. The van der Waals surface area contributed by atoms with Crippen LogP contribution in [0.4, 0.5) is 5.69 Å². The van der Waals surface area contributed by atoms with E-state index in [1.807, 2.05) is 6.07 Å². The minimum absolute atomic E-state index is 0.219. The van der Waals surface area contributed by atoms with E-state index in [0.29, 0.717) is 12.2 Å². The smallest absolute Gasteiger partial charge is 0.313 e. The summed E-state index contributed by atoms with van der Waals surface area (Å²) in [4.78, 5) is 23.7. The summed E-state index contributed by atoms with van der Waals surface area (Å²) in [5.41, 5.74) is 0.544. The third kappa shape index (κ3) is 4.56. The molecule has 1 aromatic carbocycles. The van der Waals surface area contributed by atoms with Crippen LogP contribution in [0.25, 0.3) is 0 Å². The quantitative estimate of drug-likeness (QED) is 0.830. The van der Waals surface area contributed by atoms with Gasteiger partial charge in [0.15, 0.2) is 0 Å². The highest BCUT2D eigenvalue weighted by molar-refractivity contribution is 6.39. The fourth-order valence-electron chi connectivity index (χ4n) is 1.90. The lowest BCUT2D eigenvalue weighted by molar-refractivity contribution is -0.136. The van der Waals surface area contributed by atoms with Gasteiger partial charge in [0, 0.05) is 24.1 Å². The van der Waals surface area contributed by atoms with Crippen LogP contribution in [0.2, 0.25) is 5.02 Å². The number of carbonyl (C=O) groups is 2. The second-order valence-electron chi connectivity index (χ2n) is 4.86. The molecule has 1 aromatic heterocycles. The van der Waals surface area contributed by atoms with Gasteiger partial charge in [0.25, 0.3) is 0 Å². The maximum Gasteiger partial charge on any atom is 0.313 e. The van der Waals surface area contributed by atoms with Crippen LogP contribution >= 0.6 is 11.6 Å². The normalized spacial score (nSPS) is 11.3. The van der Waals surface area contributed by atoms with Crippen molar-refractivity contribution in [1.82, 2.24) is 15.1 Å². The SMILES string of the molecule is C[C@@H](Cn1cccn1)NC(=O)C(=O)Nc1ccc(Cl)c(C#N)c1. The first-order valence-corrected chi connectivity index (χ1v) is 7.16. The van der Waals surface area contributed by atoms with Crippen molar-refractivity contribution in [3.8, 4) is 6.07 Å². The second-order valence-corrected chi connectivity index (χ2v) is 5.27. The number of carbonyl (C=O) groups excluding carboxylic acids is 2. The molecule has 0 fully saturated rings. The fraction of sp³-hybridized carbons (Fsp3) is 0.200. The van der Waals surface area contributed by atoms with Gasteiger partial charge in [-0.05, 0) is 31.2 Å². The standard InChI is InChI=1S/C15H14ClN5O2/c1-10(9-21-6-2-5-18-21)19-14(22)15(23)20-12-3-4-13(16)11(7-12)8-17/h2-7,10H,9H2,1H3,(H,19,22)(H,20,23)/t10-/m0/s1. The van der Waals surface area contributed by atoms with Crippen molar-refractivity contribution in [3.05, 3.63) is 47.2 Å². The molecule has 0 unspecified atom stereocenters. The van der Waals surface area contributed by atoms with E-state index in [1.54, 1.807) is 30.1 Å². The third-order valence-electron chi connectivity index (χ3n) is 2.95. The number of benzene rings is 1. The summed E-state index contributed by atoms with van der Waals surface area (Å²) in [6.45, 7) is 2.22. The summed E-state index contributed by atoms with van der Waals surface area (Å²) >= 11 is 5.81. The first-order chi connectivity index (χ1) is 11.0. The van der Waals surface area contributed by atoms with Crippen LogP contribution < -0.4 is 10.6 Å². The van der Waals surface area contributed by atoms with Gasteiger partial charge in [-0.1, -0.05) is 11.6 Å². The molecular weight excluding hydrogens is 318 g/mol. The average Bonchev–Trinajstić information content (AvgIpc) is 3.01. The molecule has 2 rings (SSSR count). The topological polar surface area (TPSA) is 99.8 Å². The molecule has 0 aliphatic carbocycles. The lowest BCUT2D eigenvalue weighted by Crippen LogP contribution is -2.42. The number of amides is 2. The van der Waals surface area contributed by atoms with E-state index in [2.05, 4.69) is 15.7 Å². The lowest BCUT2D eigenvalue weighted by atomic mass is 10.2. The summed E-state index contributed by atoms with van der Waals surface area (Å²) < 4.78 is 1.65. The van der Waals surface area contributed by atoms with Crippen molar-refractivity contribution in [2.24, 2.45) is 0 Å². The lowest BCUT2D eigenvalue weighted by Gasteiger charge is -2.13. The maximum absolute atomic E-state index is 11.9. The summed E-state index contributed by atoms with van der Waals surface area (Å²) in [5.74, 6) is -1.58. The van der Waals surface area contributed by atoms with E-state index >= 15 is 0 Å². The molecule has 0 spiro atoms. The van der Waals surface area contributed by atoms with E-state index < -0.39 is 11.8 Å². The number of nitrogens with zero attached hydrogens (tertiary/aromatic N) is 3. The third-order valence-corrected chi connectivity index (χ3v) is 3.28. The van der Waals surface area contributed by atoms with Crippen LogP contribution in [0.5, 0.6) is 0 Å². The first-order valence-electron chi connectivity index (χ1n) is 6.78. The summed E-state index contributed by atoms with van der Waals surface area (Å²) in [6.07, 6.45) is 3.40. The predicted octanol–water partition coefficient (Wildman–Crippen LogP) is 1.55. The Morgan fingerprint density at radius 3 is 2.87 bits per heavy atom. The molecule has 8 heteroatoms. The molecule has 1 heterocycles. The van der Waals surface area contributed by atoms with Gasteiger partial charge in [-0.15, -0.1) is 0 Å². The van der Waals surface area contributed by atoms with Crippen LogP contribution in [0.15, 0.2) is 36.7 Å². The Morgan fingerprint density at radius 2 is 2.22 bits per heavy atom. The van der Waals surface area contributed by atoms with Gasteiger partial charge in [0.1, 0.15) is 6.07 Å². The Labute approximate surface area is 137 Å². The van der Waals surface area contributed by atoms with Crippen molar-refractivity contribution in [2.45, 2.75) is 19.5 Å². The minimum Gasteiger partial charge on any atom is -0.344 e.